The number of halogens is 2. The molecule has 0 aliphatic rings. The second-order valence-electron chi connectivity index (χ2n) is 3.76. The Balaban J connectivity index is 2.35. The quantitative estimate of drug-likeness (QED) is 0.903. The van der Waals surface area contributed by atoms with Gasteiger partial charge in [0.15, 0.2) is 0 Å². The molecule has 2 aromatic carbocycles. The van der Waals surface area contributed by atoms with Crippen LogP contribution < -0.4 is 4.74 Å². The van der Waals surface area contributed by atoms with Gasteiger partial charge in [-0.3, -0.25) is 0 Å². The highest BCUT2D eigenvalue weighted by Crippen LogP contribution is 2.26. The van der Waals surface area contributed by atoms with Crippen LogP contribution in [0.15, 0.2) is 42.5 Å². The van der Waals surface area contributed by atoms with Crippen molar-refractivity contribution in [2.75, 3.05) is 13.2 Å². The summed E-state index contributed by atoms with van der Waals surface area (Å²) in [6.07, 6.45) is 0. The van der Waals surface area contributed by atoms with E-state index in [1.54, 1.807) is 18.2 Å². The van der Waals surface area contributed by atoms with Crippen molar-refractivity contribution in [3.05, 3.63) is 54.1 Å². The zero-order chi connectivity index (χ0) is 13.0. The van der Waals surface area contributed by atoms with Gasteiger partial charge in [-0.25, -0.2) is 8.78 Å². The maximum absolute atomic E-state index is 13.4. The Morgan fingerprint density at radius 3 is 2.44 bits per heavy atom. The molecule has 0 aliphatic heterocycles. The molecule has 2 rings (SSSR count). The molecule has 94 valence electrons. The van der Waals surface area contributed by atoms with E-state index in [0.717, 1.165) is 0 Å². The summed E-state index contributed by atoms with van der Waals surface area (Å²) in [4.78, 5) is 0. The van der Waals surface area contributed by atoms with Gasteiger partial charge >= 0.3 is 0 Å². The molecule has 2 aromatic rings. The topological polar surface area (TPSA) is 29.5 Å². The van der Waals surface area contributed by atoms with Crippen molar-refractivity contribution >= 4 is 0 Å². The Kier molecular flexibility index (Phi) is 3.89. The number of aliphatic hydroxyl groups excluding tert-OH is 1. The van der Waals surface area contributed by atoms with Crippen molar-refractivity contribution in [2.24, 2.45) is 0 Å². The van der Waals surface area contributed by atoms with E-state index in [4.69, 9.17) is 9.84 Å². The third-order valence-corrected chi connectivity index (χ3v) is 2.39. The predicted molar refractivity (Wildman–Crippen MR) is 64.4 cm³/mol. The molecular formula is C14H12F2O2. The molecule has 0 heterocycles. The molecule has 0 amide bonds. The lowest BCUT2D eigenvalue weighted by molar-refractivity contribution is 0.201. The van der Waals surface area contributed by atoms with E-state index in [1.165, 1.54) is 24.3 Å². The van der Waals surface area contributed by atoms with Crippen molar-refractivity contribution < 1.29 is 18.6 Å². The molecule has 18 heavy (non-hydrogen) atoms. The lowest BCUT2D eigenvalue weighted by Gasteiger charge is -2.08. The fraction of sp³-hybridized carbons (Fsp3) is 0.143. The first-order valence-corrected chi connectivity index (χ1v) is 5.49. The molecule has 4 heteroatoms. The molecule has 0 fully saturated rings. The van der Waals surface area contributed by atoms with Gasteiger partial charge in [-0.2, -0.15) is 0 Å². The highest BCUT2D eigenvalue weighted by Gasteiger charge is 2.05. The molecule has 0 radical (unpaired) electrons. The van der Waals surface area contributed by atoms with Gasteiger partial charge in [0.25, 0.3) is 0 Å². The Morgan fingerprint density at radius 2 is 1.72 bits per heavy atom. The van der Waals surface area contributed by atoms with Crippen molar-refractivity contribution in [1.82, 2.24) is 0 Å². The van der Waals surface area contributed by atoms with Crippen LogP contribution in [0.2, 0.25) is 0 Å². The van der Waals surface area contributed by atoms with Crippen molar-refractivity contribution in [3.63, 3.8) is 0 Å². The van der Waals surface area contributed by atoms with Gasteiger partial charge in [-0.1, -0.05) is 12.1 Å². The fourth-order valence-corrected chi connectivity index (χ4v) is 1.64. The van der Waals surface area contributed by atoms with Crippen LogP contribution in [0.1, 0.15) is 0 Å². The van der Waals surface area contributed by atoms with Gasteiger partial charge in [0, 0.05) is 6.07 Å². The number of hydrogen-bond acceptors (Lipinski definition) is 2. The zero-order valence-electron chi connectivity index (χ0n) is 9.57. The van der Waals surface area contributed by atoms with E-state index in [-0.39, 0.29) is 19.0 Å². The van der Waals surface area contributed by atoms with Gasteiger partial charge in [-0.05, 0) is 35.4 Å². The summed E-state index contributed by atoms with van der Waals surface area (Å²) in [6, 6.07) is 10.0. The molecule has 0 unspecified atom stereocenters. The maximum Gasteiger partial charge on any atom is 0.127 e. The summed E-state index contributed by atoms with van der Waals surface area (Å²) in [6.45, 7) is -0.0577. The van der Waals surface area contributed by atoms with E-state index >= 15 is 0 Å². The average molecular weight is 250 g/mol. The maximum atomic E-state index is 13.4. The third-order valence-electron chi connectivity index (χ3n) is 2.39. The molecule has 0 bridgehead atoms. The molecule has 0 saturated carbocycles. The van der Waals surface area contributed by atoms with Gasteiger partial charge in [-0.15, -0.1) is 0 Å². The van der Waals surface area contributed by atoms with E-state index in [2.05, 4.69) is 0 Å². The van der Waals surface area contributed by atoms with E-state index < -0.39 is 5.82 Å². The van der Waals surface area contributed by atoms with Gasteiger partial charge in [0.1, 0.15) is 24.0 Å². The Bertz CT molecular complexity index is 541. The van der Waals surface area contributed by atoms with Crippen molar-refractivity contribution in [2.45, 2.75) is 0 Å². The van der Waals surface area contributed by atoms with Gasteiger partial charge < -0.3 is 9.84 Å². The van der Waals surface area contributed by atoms with Crippen LogP contribution in [0.5, 0.6) is 5.75 Å². The van der Waals surface area contributed by atoms with Crippen LogP contribution in [-0.4, -0.2) is 18.3 Å². The van der Waals surface area contributed by atoms with Crippen LogP contribution in [0.25, 0.3) is 11.1 Å². The second-order valence-corrected chi connectivity index (χ2v) is 3.76. The molecule has 2 nitrogen and oxygen atoms in total. The summed E-state index contributed by atoms with van der Waals surface area (Å²) in [5.74, 6) is -0.539. The van der Waals surface area contributed by atoms with Gasteiger partial charge in [0.05, 0.1) is 6.61 Å². The molecule has 0 atom stereocenters. The largest absolute Gasteiger partial charge is 0.491 e. The Hall–Kier alpha value is -1.94. The second kappa shape index (κ2) is 5.60. The number of ether oxygens (including phenoxy) is 1. The summed E-state index contributed by atoms with van der Waals surface area (Å²) >= 11 is 0. The number of aliphatic hydroxyl groups is 1. The minimum absolute atomic E-state index is 0.0893. The molecule has 1 N–H and O–H groups in total. The van der Waals surface area contributed by atoms with E-state index in [0.29, 0.717) is 16.9 Å². The third kappa shape index (κ3) is 3.05. The summed E-state index contributed by atoms with van der Waals surface area (Å²) in [5.41, 5.74) is 1.10. The van der Waals surface area contributed by atoms with Crippen LogP contribution in [0.4, 0.5) is 8.78 Å². The first-order valence-electron chi connectivity index (χ1n) is 5.49. The van der Waals surface area contributed by atoms with Crippen LogP contribution in [0, 0.1) is 11.6 Å². The molecule has 0 spiro atoms. The van der Waals surface area contributed by atoms with Crippen molar-refractivity contribution in [1.29, 1.82) is 0 Å². The fourth-order valence-electron chi connectivity index (χ4n) is 1.64. The Labute approximate surface area is 103 Å². The lowest BCUT2D eigenvalue weighted by Crippen LogP contribution is -2.01. The highest BCUT2D eigenvalue weighted by molar-refractivity contribution is 5.65. The Morgan fingerprint density at radius 1 is 0.944 bits per heavy atom. The van der Waals surface area contributed by atoms with Crippen molar-refractivity contribution in [3.8, 4) is 16.9 Å². The SMILES string of the molecule is OCCOc1cc(F)cc(-c2cccc(F)c2)c1. The van der Waals surface area contributed by atoms with E-state index in [1.807, 2.05) is 0 Å². The smallest absolute Gasteiger partial charge is 0.127 e. The summed E-state index contributed by atoms with van der Waals surface area (Å²) < 4.78 is 31.6. The summed E-state index contributed by atoms with van der Waals surface area (Å²) in [5, 5.41) is 8.65. The minimum atomic E-state index is -0.468. The number of benzene rings is 2. The van der Waals surface area contributed by atoms with Crippen LogP contribution >= 0.6 is 0 Å². The molecule has 0 aliphatic carbocycles. The summed E-state index contributed by atoms with van der Waals surface area (Å²) in [7, 11) is 0. The monoisotopic (exact) mass is 250 g/mol. The van der Waals surface area contributed by atoms with Crippen LogP contribution in [-0.2, 0) is 0 Å². The normalized spacial score (nSPS) is 10.4. The molecular weight excluding hydrogens is 238 g/mol. The first-order chi connectivity index (χ1) is 8.69. The van der Waals surface area contributed by atoms with Gasteiger partial charge in [0.2, 0.25) is 0 Å². The lowest BCUT2D eigenvalue weighted by atomic mass is 10.1. The minimum Gasteiger partial charge on any atom is -0.491 e. The number of rotatable bonds is 4. The molecule has 0 aromatic heterocycles. The van der Waals surface area contributed by atoms with E-state index in [9.17, 15) is 8.78 Å². The number of hydrogen-bond donors (Lipinski definition) is 1. The standard InChI is InChI=1S/C14H12F2O2/c15-12-3-1-2-10(6-12)11-7-13(16)9-14(8-11)18-5-4-17/h1-3,6-9,17H,4-5H2. The van der Waals surface area contributed by atoms with Crippen LogP contribution in [0.3, 0.4) is 0 Å². The highest BCUT2D eigenvalue weighted by atomic mass is 19.1. The molecule has 0 saturated heterocycles. The zero-order valence-corrected chi connectivity index (χ0v) is 9.57. The predicted octanol–water partition coefficient (Wildman–Crippen LogP) is 3.00. The average Bonchev–Trinajstić information content (AvgIpc) is 2.36. The first kappa shape index (κ1) is 12.5.